The zero-order valence-corrected chi connectivity index (χ0v) is 9.67. The summed E-state index contributed by atoms with van der Waals surface area (Å²) in [4.78, 5) is 0. The molecule has 1 aromatic carbocycles. The van der Waals surface area contributed by atoms with E-state index in [9.17, 15) is 22.7 Å². The number of hydrogen-bond acceptors (Lipinski definition) is 1. The van der Waals surface area contributed by atoms with Gasteiger partial charge in [0, 0.05) is 5.92 Å². The van der Waals surface area contributed by atoms with Crippen LogP contribution >= 0.6 is 0 Å². The first kappa shape index (κ1) is 13.3. The van der Waals surface area contributed by atoms with Crippen LogP contribution in [-0.4, -0.2) is 11.2 Å². The third-order valence-corrected chi connectivity index (χ3v) is 3.45. The minimum Gasteiger partial charge on any atom is -0.392 e. The second-order valence-corrected chi connectivity index (χ2v) is 4.69. The van der Waals surface area contributed by atoms with Crippen LogP contribution in [-0.2, 0) is 6.18 Å². The van der Waals surface area contributed by atoms with Crippen LogP contribution in [0.1, 0.15) is 42.7 Å². The van der Waals surface area contributed by atoms with Crippen LogP contribution in [0.25, 0.3) is 0 Å². The van der Waals surface area contributed by atoms with Crippen molar-refractivity contribution in [2.75, 3.05) is 0 Å². The number of alkyl halides is 3. The third-order valence-electron chi connectivity index (χ3n) is 3.45. The summed E-state index contributed by atoms with van der Waals surface area (Å²) >= 11 is 0. The lowest BCUT2D eigenvalue weighted by molar-refractivity contribution is -0.138. The van der Waals surface area contributed by atoms with Crippen LogP contribution in [0.15, 0.2) is 18.2 Å². The largest absolute Gasteiger partial charge is 0.416 e. The van der Waals surface area contributed by atoms with Crippen molar-refractivity contribution < 1.29 is 22.7 Å². The van der Waals surface area contributed by atoms with Crippen molar-refractivity contribution >= 4 is 0 Å². The summed E-state index contributed by atoms with van der Waals surface area (Å²) in [5, 5.41) is 9.82. The maximum absolute atomic E-state index is 13.0. The molecule has 1 aliphatic rings. The van der Waals surface area contributed by atoms with E-state index in [1.807, 2.05) is 0 Å². The van der Waals surface area contributed by atoms with Gasteiger partial charge >= 0.3 is 6.18 Å². The van der Waals surface area contributed by atoms with E-state index in [2.05, 4.69) is 0 Å². The van der Waals surface area contributed by atoms with Crippen molar-refractivity contribution in [3.05, 3.63) is 35.1 Å². The number of benzene rings is 1. The van der Waals surface area contributed by atoms with Gasteiger partial charge in [-0.1, -0.05) is 18.9 Å². The molecule has 0 radical (unpaired) electrons. The minimum atomic E-state index is -4.59. The second kappa shape index (κ2) is 4.88. The smallest absolute Gasteiger partial charge is 0.392 e. The summed E-state index contributed by atoms with van der Waals surface area (Å²) in [6, 6.07) is 2.68. The van der Waals surface area contributed by atoms with E-state index in [0.717, 1.165) is 25.0 Å². The molecule has 1 N–H and O–H groups in total. The van der Waals surface area contributed by atoms with Gasteiger partial charge in [0.2, 0.25) is 0 Å². The molecule has 5 heteroatoms. The molecule has 0 amide bonds. The van der Waals surface area contributed by atoms with Crippen LogP contribution in [0.5, 0.6) is 0 Å². The molecule has 1 aliphatic carbocycles. The Balaban J connectivity index is 2.43. The second-order valence-electron chi connectivity index (χ2n) is 4.69. The van der Waals surface area contributed by atoms with Crippen LogP contribution in [0, 0.1) is 5.82 Å². The predicted molar refractivity (Wildman–Crippen MR) is 58.6 cm³/mol. The van der Waals surface area contributed by atoms with Gasteiger partial charge in [0.15, 0.2) is 0 Å². The van der Waals surface area contributed by atoms with Crippen LogP contribution < -0.4 is 0 Å². The van der Waals surface area contributed by atoms with Gasteiger partial charge in [-0.15, -0.1) is 0 Å². The van der Waals surface area contributed by atoms with Gasteiger partial charge in [0.25, 0.3) is 0 Å². The normalized spacial score (nSPS) is 25.2. The number of aliphatic hydroxyl groups excluding tert-OH is 1. The lowest BCUT2D eigenvalue weighted by atomic mass is 9.80. The fourth-order valence-corrected chi connectivity index (χ4v) is 2.57. The maximum Gasteiger partial charge on any atom is 0.416 e. The Morgan fingerprint density at radius 3 is 2.39 bits per heavy atom. The average molecular weight is 262 g/mol. The third kappa shape index (κ3) is 2.66. The molecule has 0 bridgehead atoms. The lowest BCUT2D eigenvalue weighted by Crippen LogP contribution is -2.25. The Bertz CT molecular complexity index is 427. The molecule has 2 atom stereocenters. The van der Waals surface area contributed by atoms with Crippen molar-refractivity contribution in [3.63, 3.8) is 0 Å². The summed E-state index contributed by atoms with van der Waals surface area (Å²) in [6.07, 6.45) is -2.74. The Labute approximate surface area is 102 Å². The molecule has 0 saturated heterocycles. The number of aliphatic hydroxyl groups is 1. The van der Waals surface area contributed by atoms with Gasteiger partial charge in [-0.25, -0.2) is 4.39 Å². The highest BCUT2D eigenvalue weighted by atomic mass is 19.4. The fourth-order valence-electron chi connectivity index (χ4n) is 2.57. The van der Waals surface area contributed by atoms with E-state index < -0.39 is 29.6 Å². The Morgan fingerprint density at radius 1 is 1.11 bits per heavy atom. The maximum atomic E-state index is 13.0. The molecule has 0 spiro atoms. The minimum absolute atomic E-state index is 0.0103. The lowest BCUT2D eigenvalue weighted by Gasteiger charge is -2.29. The zero-order chi connectivity index (χ0) is 13.3. The van der Waals surface area contributed by atoms with Gasteiger partial charge in [0.05, 0.1) is 11.7 Å². The Kier molecular flexibility index (Phi) is 3.61. The molecule has 1 saturated carbocycles. The van der Waals surface area contributed by atoms with Gasteiger partial charge < -0.3 is 5.11 Å². The summed E-state index contributed by atoms with van der Waals surface area (Å²) < 4.78 is 51.6. The van der Waals surface area contributed by atoms with Crippen molar-refractivity contribution in [1.82, 2.24) is 0 Å². The van der Waals surface area contributed by atoms with Gasteiger partial charge in [0.1, 0.15) is 5.82 Å². The molecule has 0 aromatic heterocycles. The molecule has 18 heavy (non-hydrogen) atoms. The molecule has 1 nitrogen and oxygen atoms in total. The Morgan fingerprint density at radius 2 is 1.78 bits per heavy atom. The van der Waals surface area contributed by atoms with Gasteiger partial charge in [-0.2, -0.15) is 13.2 Å². The van der Waals surface area contributed by atoms with Crippen LogP contribution in [0.3, 0.4) is 0 Å². The van der Waals surface area contributed by atoms with E-state index in [1.54, 1.807) is 0 Å². The van der Waals surface area contributed by atoms with E-state index in [4.69, 9.17) is 0 Å². The molecule has 100 valence electrons. The highest BCUT2D eigenvalue weighted by Crippen LogP contribution is 2.40. The molecule has 2 rings (SSSR count). The number of hydrogen-bond donors (Lipinski definition) is 1. The number of halogens is 4. The zero-order valence-electron chi connectivity index (χ0n) is 9.67. The number of rotatable bonds is 1. The highest BCUT2D eigenvalue weighted by molar-refractivity contribution is 5.34. The van der Waals surface area contributed by atoms with Crippen LogP contribution in [0.4, 0.5) is 17.6 Å². The summed E-state index contributed by atoms with van der Waals surface area (Å²) in [5.41, 5.74) is -0.954. The molecular formula is C13H14F4O. The molecule has 1 fully saturated rings. The van der Waals surface area contributed by atoms with Crippen molar-refractivity contribution in [2.24, 2.45) is 0 Å². The monoisotopic (exact) mass is 262 g/mol. The van der Waals surface area contributed by atoms with E-state index in [0.29, 0.717) is 18.9 Å². The van der Waals surface area contributed by atoms with E-state index >= 15 is 0 Å². The first-order valence-corrected chi connectivity index (χ1v) is 5.94. The molecule has 0 aliphatic heterocycles. The standard InChI is InChI=1S/C13H14F4O/c14-8-5-6-9(11(7-8)13(15,16)17)10-3-1-2-4-12(10)18/h5-7,10,12,18H,1-4H2. The average Bonchev–Trinajstić information content (AvgIpc) is 2.29. The topological polar surface area (TPSA) is 20.2 Å². The van der Waals surface area contributed by atoms with Crippen molar-refractivity contribution in [2.45, 2.75) is 43.9 Å². The molecular weight excluding hydrogens is 248 g/mol. The molecule has 0 heterocycles. The molecule has 1 aromatic rings. The predicted octanol–water partition coefficient (Wildman–Crippen LogP) is 3.86. The highest BCUT2D eigenvalue weighted by Gasteiger charge is 2.37. The van der Waals surface area contributed by atoms with Crippen LogP contribution in [0.2, 0.25) is 0 Å². The Hall–Kier alpha value is -1.10. The molecule has 2 unspecified atom stereocenters. The van der Waals surface area contributed by atoms with Crippen molar-refractivity contribution in [3.8, 4) is 0 Å². The fraction of sp³-hybridized carbons (Fsp3) is 0.538. The quantitative estimate of drug-likeness (QED) is 0.762. The van der Waals surface area contributed by atoms with E-state index in [1.165, 1.54) is 0 Å². The summed E-state index contributed by atoms with van der Waals surface area (Å²) in [5.74, 6) is -1.45. The summed E-state index contributed by atoms with van der Waals surface area (Å²) in [6.45, 7) is 0. The SMILES string of the molecule is OC1CCCCC1c1ccc(F)cc1C(F)(F)F. The van der Waals surface area contributed by atoms with Crippen molar-refractivity contribution in [1.29, 1.82) is 0 Å². The van der Waals surface area contributed by atoms with E-state index in [-0.39, 0.29) is 5.56 Å². The first-order valence-electron chi connectivity index (χ1n) is 5.94. The van der Waals surface area contributed by atoms with Gasteiger partial charge in [-0.05, 0) is 30.5 Å². The first-order chi connectivity index (χ1) is 8.39. The van der Waals surface area contributed by atoms with Gasteiger partial charge in [-0.3, -0.25) is 0 Å². The summed E-state index contributed by atoms with van der Waals surface area (Å²) in [7, 11) is 0.